The molecule has 0 atom stereocenters. The van der Waals surface area contributed by atoms with Crippen LogP contribution in [0.4, 0.5) is 9.59 Å². The van der Waals surface area contributed by atoms with E-state index in [1.165, 1.54) is 9.80 Å². The van der Waals surface area contributed by atoms with Crippen LogP contribution >= 0.6 is 0 Å². The molecule has 0 saturated heterocycles. The lowest BCUT2D eigenvalue weighted by atomic mass is 10.4. The summed E-state index contributed by atoms with van der Waals surface area (Å²) in [5.74, 6) is 0. The Morgan fingerprint density at radius 2 is 1.21 bits per heavy atom. The van der Waals surface area contributed by atoms with Gasteiger partial charge in [0.25, 0.3) is 0 Å². The van der Waals surface area contributed by atoms with Crippen LogP contribution in [0.25, 0.3) is 0 Å². The van der Waals surface area contributed by atoms with E-state index in [4.69, 9.17) is 9.47 Å². The second-order valence-corrected chi connectivity index (χ2v) is 4.47. The Labute approximate surface area is 115 Å². The van der Waals surface area contributed by atoms with Gasteiger partial charge >= 0.3 is 12.2 Å². The van der Waals surface area contributed by atoms with Crippen LogP contribution in [-0.4, -0.2) is 56.0 Å². The average molecular weight is 274 g/mol. The number of ether oxygens (including phenoxy) is 2. The van der Waals surface area contributed by atoms with Gasteiger partial charge in [0.15, 0.2) is 0 Å². The van der Waals surface area contributed by atoms with Gasteiger partial charge < -0.3 is 9.47 Å². The van der Waals surface area contributed by atoms with E-state index in [0.29, 0.717) is 13.2 Å². The zero-order valence-electron chi connectivity index (χ0n) is 12.5. The Bertz CT molecular complexity index is 245. The molecule has 0 saturated carbocycles. The van der Waals surface area contributed by atoms with Gasteiger partial charge in [-0.15, -0.1) is 0 Å². The number of hydrogen-bond donors (Lipinski definition) is 0. The molecular formula is C13H26N2O4. The molecule has 0 aliphatic carbocycles. The molecule has 0 aromatic rings. The van der Waals surface area contributed by atoms with Gasteiger partial charge in [-0.1, -0.05) is 26.7 Å². The van der Waals surface area contributed by atoms with E-state index >= 15 is 0 Å². The summed E-state index contributed by atoms with van der Waals surface area (Å²) in [5, 5.41) is 0. The number of carbonyl (C=O) groups is 2. The van der Waals surface area contributed by atoms with Crippen molar-refractivity contribution in [2.45, 2.75) is 39.5 Å². The summed E-state index contributed by atoms with van der Waals surface area (Å²) in [4.78, 5) is 25.8. The second kappa shape index (κ2) is 10.5. The summed E-state index contributed by atoms with van der Waals surface area (Å²) in [6, 6.07) is 0. The number of unbranched alkanes of at least 4 members (excludes halogenated alkanes) is 2. The minimum absolute atomic E-state index is 0.149. The third-order valence-corrected chi connectivity index (χ3v) is 2.49. The first-order chi connectivity index (χ1) is 9.02. The van der Waals surface area contributed by atoms with Crippen LogP contribution in [0.1, 0.15) is 39.5 Å². The van der Waals surface area contributed by atoms with Crippen LogP contribution in [0.15, 0.2) is 0 Å². The summed E-state index contributed by atoms with van der Waals surface area (Å²) in [7, 11) is 3.17. The Kier molecular flexibility index (Phi) is 9.66. The molecule has 6 nitrogen and oxygen atoms in total. The van der Waals surface area contributed by atoms with Crippen molar-refractivity contribution in [3.05, 3.63) is 0 Å². The molecule has 0 N–H and O–H groups in total. The highest BCUT2D eigenvalue weighted by molar-refractivity contribution is 5.70. The van der Waals surface area contributed by atoms with E-state index in [0.717, 1.165) is 25.7 Å². The fourth-order valence-corrected chi connectivity index (χ4v) is 1.26. The minimum Gasteiger partial charge on any atom is -0.449 e. The molecular weight excluding hydrogens is 248 g/mol. The SMILES string of the molecule is CCCCOC(=O)N(C)CN(C)C(=O)OCCCC. The fourth-order valence-electron chi connectivity index (χ4n) is 1.26. The molecule has 0 spiro atoms. The minimum atomic E-state index is -0.429. The lowest BCUT2D eigenvalue weighted by Gasteiger charge is -2.23. The topological polar surface area (TPSA) is 59.1 Å². The largest absolute Gasteiger partial charge is 0.449 e. The van der Waals surface area contributed by atoms with E-state index in [-0.39, 0.29) is 6.67 Å². The van der Waals surface area contributed by atoms with Crippen molar-refractivity contribution in [1.29, 1.82) is 0 Å². The quantitative estimate of drug-likeness (QED) is 0.504. The van der Waals surface area contributed by atoms with Gasteiger partial charge in [0, 0.05) is 14.1 Å². The van der Waals surface area contributed by atoms with Gasteiger partial charge in [-0.3, -0.25) is 9.80 Å². The summed E-state index contributed by atoms with van der Waals surface area (Å²) in [5.41, 5.74) is 0. The van der Waals surface area contributed by atoms with E-state index in [1.54, 1.807) is 14.1 Å². The van der Waals surface area contributed by atoms with Gasteiger partial charge in [0.1, 0.15) is 6.67 Å². The van der Waals surface area contributed by atoms with E-state index in [9.17, 15) is 9.59 Å². The summed E-state index contributed by atoms with van der Waals surface area (Å²) in [6.07, 6.45) is 2.77. The predicted molar refractivity (Wildman–Crippen MR) is 72.9 cm³/mol. The molecule has 0 fully saturated rings. The maximum Gasteiger partial charge on any atom is 0.410 e. The number of rotatable bonds is 8. The first kappa shape index (κ1) is 17.5. The summed E-state index contributed by atoms with van der Waals surface area (Å²) in [6.45, 7) is 5.01. The molecule has 0 aromatic heterocycles. The molecule has 112 valence electrons. The molecule has 0 aliphatic rings. The Hall–Kier alpha value is -1.46. The molecule has 0 aromatic carbocycles. The van der Waals surface area contributed by atoms with Crippen LogP contribution in [0.3, 0.4) is 0 Å². The number of carbonyl (C=O) groups excluding carboxylic acids is 2. The van der Waals surface area contributed by atoms with Crippen LogP contribution in [0.2, 0.25) is 0 Å². The molecule has 0 unspecified atom stereocenters. The van der Waals surface area contributed by atoms with Crippen LogP contribution in [-0.2, 0) is 9.47 Å². The molecule has 2 amide bonds. The van der Waals surface area contributed by atoms with Crippen molar-refractivity contribution in [2.75, 3.05) is 34.0 Å². The third kappa shape index (κ3) is 8.29. The highest BCUT2D eigenvalue weighted by Crippen LogP contribution is 1.99. The molecule has 0 bridgehead atoms. The van der Waals surface area contributed by atoms with Crippen molar-refractivity contribution in [3.8, 4) is 0 Å². The van der Waals surface area contributed by atoms with Crippen LogP contribution < -0.4 is 0 Å². The molecule has 19 heavy (non-hydrogen) atoms. The van der Waals surface area contributed by atoms with Gasteiger partial charge in [-0.2, -0.15) is 0 Å². The first-order valence-corrected chi connectivity index (χ1v) is 6.78. The number of amides is 2. The zero-order valence-corrected chi connectivity index (χ0v) is 12.5. The maximum atomic E-state index is 11.6. The average Bonchev–Trinajstić information content (AvgIpc) is 2.38. The summed E-state index contributed by atoms with van der Waals surface area (Å²) >= 11 is 0. The zero-order chi connectivity index (χ0) is 14.7. The number of nitrogens with zero attached hydrogens (tertiary/aromatic N) is 2. The van der Waals surface area contributed by atoms with Gasteiger partial charge in [-0.05, 0) is 12.8 Å². The van der Waals surface area contributed by atoms with E-state index in [2.05, 4.69) is 0 Å². The van der Waals surface area contributed by atoms with Gasteiger partial charge in [0.05, 0.1) is 13.2 Å². The predicted octanol–water partition coefficient (Wildman–Crippen LogP) is 2.68. The fraction of sp³-hybridized carbons (Fsp3) is 0.846. The third-order valence-electron chi connectivity index (χ3n) is 2.49. The van der Waals surface area contributed by atoms with E-state index < -0.39 is 12.2 Å². The van der Waals surface area contributed by atoms with Crippen LogP contribution in [0, 0.1) is 0 Å². The Morgan fingerprint density at radius 3 is 1.53 bits per heavy atom. The molecule has 0 radical (unpaired) electrons. The molecule has 0 rings (SSSR count). The van der Waals surface area contributed by atoms with Gasteiger partial charge in [0.2, 0.25) is 0 Å². The van der Waals surface area contributed by atoms with Crippen molar-refractivity contribution in [1.82, 2.24) is 9.80 Å². The standard InChI is InChI=1S/C13H26N2O4/c1-5-7-9-18-12(16)14(3)11-15(4)13(17)19-10-8-6-2/h5-11H2,1-4H3. The lowest BCUT2D eigenvalue weighted by Crippen LogP contribution is -2.40. The van der Waals surface area contributed by atoms with E-state index in [1.807, 2.05) is 13.8 Å². The molecule has 0 heterocycles. The Morgan fingerprint density at radius 1 is 0.842 bits per heavy atom. The summed E-state index contributed by atoms with van der Waals surface area (Å²) < 4.78 is 10.1. The lowest BCUT2D eigenvalue weighted by molar-refractivity contribution is 0.0737. The monoisotopic (exact) mass is 274 g/mol. The second-order valence-electron chi connectivity index (χ2n) is 4.47. The Balaban J connectivity index is 3.92. The van der Waals surface area contributed by atoms with Crippen molar-refractivity contribution in [2.24, 2.45) is 0 Å². The van der Waals surface area contributed by atoms with Crippen molar-refractivity contribution < 1.29 is 19.1 Å². The number of hydrogen-bond acceptors (Lipinski definition) is 4. The molecule has 0 aliphatic heterocycles. The highest BCUT2D eigenvalue weighted by atomic mass is 16.6. The van der Waals surface area contributed by atoms with Crippen molar-refractivity contribution in [3.63, 3.8) is 0 Å². The molecule has 6 heteroatoms. The van der Waals surface area contributed by atoms with Crippen molar-refractivity contribution >= 4 is 12.2 Å². The smallest absolute Gasteiger partial charge is 0.410 e. The normalized spacial score (nSPS) is 9.89. The maximum absolute atomic E-state index is 11.6. The van der Waals surface area contributed by atoms with Gasteiger partial charge in [-0.25, -0.2) is 9.59 Å². The highest BCUT2D eigenvalue weighted by Gasteiger charge is 2.16. The first-order valence-electron chi connectivity index (χ1n) is 6.78. The van der Waals surface area contributed by atoms with Crippen LogP contribution in [0.5, 0.6) is 0 Å².